The van der Waals surface area contributed by atoms with E-state index in [1.54, 1.807) is 6.92 Å². The Balaban J connectivity index is 2.02. The lowest BCUT2D eigenvalue weighted by Gasteiger charge is -2.34. The molecule has 0 heterocycles. The van der Waals surface area contributed by atoms with Crippen LogP contribution in [-0.2, 0) is 23.9 Å². The van der Waals surface area contributed by atoms with Crippen LogP contribution in [0.4, 0.5) is 0 Å². The van der Waals surface area contributed by atoms with Crippen LogP contribution < -0.4 is 10.6 Å². The van der Waals surface area contributed by atoms with Gasteiger partial charge in [-0.3, -0.25) is 14.4 Å². The zero-order valence-electron chi connectivity index (χ0n) is 14.6. The molecule has 1 saturated carbocycles. The molecule has 0 bridgehead atoms. The number of rotatable bonds is 12. The summed E-state index contributed by atoms with van der Waals surface area (Å²) in [4.78, 5) is 34.3. The maximum absolute atomic E-state index is 11.9. The Labute approximate surface area is 143 Å². The molecule has 24 heavy (non-hydrogen) atoms. The summed E-state index contributed by atoms with van der Waals surface area (Å²) in [7, 11) is 0. The van der Waals surface area contributed by atoms with Crippen molar-refractivity contribution in [3.05, 3.63) is 12.3 Å². The predicted molar refractivity (Wildman–Crippen MR) is 89.2 cm³/mol. The Morgan fingerprint density at radius 2 is 1.75 bits per heavy atom. The molecule has 0 aromatic rings. The Bertz CT molecular complexity index is 458. The number of ether oxygens (including phenoxy) is 2. The topological polar surface area (TPSA) is 93.7 Å². The number of amides is 2. The monoisotopic (exact) mass is 340 g/mol. The van der Waals surface area contributed by atoms with Crippen molar-refractivity contribution in [1.82, 2.24) is 10.6 Å². The summed E-state index contributed by atoms with van der Waals surface area (Å²) in [5.41, 5.74) is 0. The first-order valence-electron chi connectivity index (χ1n) is 8.31. The number of carbonyl (C=O) groups excluding carboxylic acids is 3. The first-order valence-corrected chi connectivity index (χ1v) is 8.31. The Kier molecular flexibility index (Phi) is 9.07. The highest BCUT2D eigenvalue weighted by Gasteiger charge is 2.34. The van der Waals surface area contributed by atoms with Gasteiger partial charge in [-0.1, -0.05) is 6.58 Å². The summed E-state index contributed by atoms with van der Waals surface area (Å²) in [5, 5.41) is 5.69. The van der Waals surface area contributed by atoms with Gasteiger partial charge in [0, 0.05) is 24.8 Å². The van der Waals surface area contributed by atoms with Gasteiger partial charge in [-0.25, -0.2) is 0 Å². The van der Waals surface area contributed by atoms with Crippen molar-refractivity contribution in [3.8, 4) is 0 Å². The van der Waals surface area contributed by atoms with E-state index in [0.29, 0.717) is 51.4 Å². The molecule has 7 nitrogen and oxygen atoms in total. The minimum Gasteiger partial charge on any atom is -0.497 e. The fraction of sp³-hybridized carbons (Fsp3) is 0.706. The van der Waals surface area contributed by atoms with E-state index in [1.165, 1.54) is 6.92 Å². The lowest BCUT2D eigenvalue weighted by Crippen LogP contribution is -2.49. The van der Waals surface area contributed by atoms with Gasteiger partial charge in [0.25, 0.3) is 0 Å². The number of nitrogens with one attached hydrogen (secondary N) is 2. The molecule has 1 rings (SSSR count). The van der Waals surface area contributed by atoms with E-state index in [4.69, 9.17) is 9.47 Å². The molecule has 0 aromatic heterocycles. The largest absolute Gasteiger partial charge is 0.497 e. The van der Waals surface area contributed by atoms with Crippen LogP contribution in [0.25, 0.3) is 0 Å². The van der Waals surface area contributed by atoms with Gasteiger partial charge < -0.3 is 20.1 Å². The molecule has 2 N–H and O–H groups in total. The number of allylic oxidation sites excluding steroid dienone is 1. The Morgan fingerprint density at radius 1 is 1.08 bits per heavy atom. The van der Waals surface area contributed by atoms with Gasteiger partial charge in [0.1, 0.15) is 12.4 Å². The average Bonchev–Trinajstić information content (AvgIpc) is 2.45. The van der Waals surface area contributed by atoms with Crippen LogP contribution in [0.15, 0.2) is 12.3 Å². The van der Waals surface area contributed by atoms with Crippen LogP contribution in [0.1, 0.15) is 39.5 Å². The second-order valence-corrected chi connectivity index (χ2v) is 6.09. The summed E-state index contributed by atoms with van der Waals surface area (Å²) in [5.74, 6) is 0.562. The molecule has 0 aliphatic heterocycles. The number of carbonyl (C=O) groups is 3. The summed E-state index contributed by atoms with van der Waals surface area (Å²) < 4.78 is 10.4. The van der Waals surface area contributed by atoms with Crippen LogP contribution in [0, 0.1) is 5.92 Å². The molecule has 1 aliphatic rings. The van der Waals surface area contributed by atoms with E-state index >= 15 is 0 Å². The summed E-state index contributed by atoms with van der Waals surface area (Å²) in [6, 6.07) is 0.0529. The third kappa shape index (κ3) is 8.67. The van der Waals surface area contributed by atoms with Crippen molar-refractivity contribution in [2.45, 2.75) is 45.6 Å². The molecule has 136 valence electrons. The molecule has 2 amide bonds. The number of ketones is 1. The molecule has 0 saturated heterocycles. The van der Waals surface area contributed by atoms with E-state index in [2.05, 4.69) is 17.2 Å². The van der Waals surface area contributed by atoms with E-state index in [1.807, 2.05) is 0 Å². The highest BCUT2D eigenvalue weighted by molar-refractivity contribution is 5.81. The normalized spacial score (nSPS) is 19.1. The number of Topliss-reactive ketones (excluding diaryl/α,β-unsaturated/α-hetero) is 1. The Hall–Kier alpha value is -1.89. The maximum atomic E-state index is 11.9. The van der Waals surface area contributed by atoms with Gasteiger partial charge in [0.2, 0.25) is 11.8 Å². The van der Waals surface area contributed by atoms with Crippen molar-refractivity contribution < 1.29 is 23.9 Å². The fourth-order valence-corrected chi connectivity index (χ4v) is 2.28. The molecular formula is C17H28N2O5. The van der Waals surface area contributed by atoms with Crippen LogP contribution in [0.2, 0.25) is 0 Å². The quantitative estimate of drug-likeness (QED) is 0.407. The second-order valence-electron chi connectivity index (χ2n) is 6.09. The second kappa shape index (κ2) is 10.8. The minimum atomic E-state index is -0.0865. The number of hydrogen-bond acceptors (Lipinski definition) is 5. The zero-order chi connectivity index (χ0) is 17.9. The van der Waals surface area contributed by atoms with Crippen molar-refractivity contribution in [2.75, 3.05) is 26.4 Å². The Morgan fingerprint density at radius 3 is 2.38 bits per heavy atom. The SMILES string of the molecule is C=C(C)OCCNC(=O)C1CC(NC(=O)CCOCCC(C)=O)C1. The van der Waals surface area contributed by atoms with Gasteiger partial charge in [-0.05, 0) is 26.7 Å². The van der Waals surface area contributed by atoms with Crippen molar-refractivity contribution in [2.24, 2.45) is 5.92 Å². The third-order valence-electron chi connectivity index (χ3n) is 3.70. The first-order chi connectivity index (χ1) is 11.4. The molecule has 0 unspecified atom stereocenters. The molecular weight excluding hydrogens is 312 g/mol. The van der Waals surface area contributed by atoms with Crippen molar-refractivity contribution >= 4 is 17.6 Å². The highest BCUT2D eigenvalue weighted by atomic mass is 16.5. The summed E-state index contributed by atoms with van der Waals surface area (Å²) >= 11 is 0. The van der Waals surface area contributed by atoms with Gasteiger partial charge >= 0.3 is 0 Å². The lowest BCUT2D eigenvalue weighted by molar-refractivity contribution is -0.131. The average molecular weight is 340 g/mol. The summed E-state index contributed by atoms with van der Waals surface area (Å²) in [6.45, 7) is 8.40. The predicted octanol–water partition coefficient (Wildman–Crippen LogP) is 0.933. The molecule has 0 atom stereocenters. The maximum Gasteiger partial charge on any atom is 0.223 e. The van der Waals surface area contributed by atoms with Gasteiger partial charge in [0.05, 0.1) is 25.5 Å². The highest BCUT2D eigenvalue weighted by Crippen LogP contribution is 2.27. The van der Waals surface area contributed by atoms with E-state index in [0.717, 1.165) is 0 Å². The lowest BCUT2D eigenvalue weighted by atomic mass is 9.79. The minimum absolute atomic E-state index is 0.00150. The fourth-order valence-electron chi connectivity index (χ4n) is 2.28. The molecule has 1 aliphatic carbocycles. The standard InChI is InChI=1S/C17H28N2O5/c1-12(2)24-9-6-18-17(22)14-10-15(11-14)19-16(21)5-8-23-7-4-13(3)20/h14-15H,1,4-11H2,2-3H3,(H,18,22)(H,19,21). The van der Waals surface area contributed by atoms with Gasteiger partial charge in [-0.15, -0.1) is 0 Å². The van der Waals surface area contributed by atoms with Crippen LogP contribution >= 0.6 is 0 Å². The summed E-state index contributed by atoms with van der Waals surface area (Å²) in [6.07, 6.45) is 1.95. The van der Waals surface area contributed by atoms with Crippen molar-refractivity contribution in [3.63, 3.8) is 0 Å². The molecule has 0 aromatic carbocycles. The van der Waals surface area contributed by atoms with Crippen LogP contribution in [0.5, 0.6) is 0 Å². The third-order valence-corrected chi connectivity index (χ3v) is 3.70. The van der Waals surface area contributed by atoms with Crippen LogP contribution in [-0.4, -0.2) is 50.0 Å². The van der Waals surface area contributed by atoms with E-state index in [9.17, 15) is 14.4 Å². The molecule has 0 radical (unpaired) electrons. The van der Waals surface area contributed by atoms with E-state index < -0.39 is 0 Å². The molecule has 1 fully saturated rings. The zero-order valence-corrected chi connectivity index (χ0v) is 14.6. The first kappa shape index (κ1) is 20.2. The molecule has 0 spiro atoms. The van der Waals surface area contributed by atoms with Crippen molar-refractivity contribution in [1.29, 1.82) is 0 Å². The smallest absolute Gasteiger partial charge is 0.223 e. The van der Waals surface area contributed by atoms with Gasteiger partial charge in [0.15, 0.2) is 0 Å². The molecule has 7 heteroatoms. The van der Waals surface area contributed by atoms with Crippen LogP contribution in [0.3, 0.4) is 0 Å². The van der Waals surface area contributed by atoms with E-state index in [-0.39, 0.29) is 36.0 Å². The number of hydrogen-bond donors (Lipinski definition) is 2. The van der Waals surface area contributed by atoms with Gasteiger partial charge in [-0.2, -0.15) is 0 Å².